The summed E-state index contributed by atoms with van der Waals surface area (Å²) in [7, 11) is -1.78. The number of aryl methyl sites for hydroxylation is 1. The first kappa shape index (κ1) is 32.0. The van der Waals surface area contributed by atoms with Crippen molar-refractivity contribution < 1.29 is 28.0 Å². The summed E-state index contributed by atoms with van der Waals surface area (Å²) < 4.78 is 33.5. The minimum Gasteiger partial charge on any atom is -0.491 e. The highest BCUT2D eigenvalue weighted by Gasteiger charge is 2.29. The van der Waals surface area contributed by atoms with Crippen LogP contribution in [0.25, 0.3) is 0 Å². The van der Waals surface area contributed by atoms with Gasteiger partial charge in [0.25, 0.3) is 5.91 Å². The molecule has 2 aromatic carbocycles. The number of hydrogen-bond acceptors (Lipinski definition) is 7. The van der Waals surface area contributed by atoms with E-state index in [0.717, 1.165) is 31.4 Å². The molecule has 0 radical (unpaired) electrons. The maximum absolute atomic E-state index is 13.2. The van der Waals surface area contributed by atoms with E-state index in [4.69, 9.17) is 25.8 Å². The van der Waals surface area contributed by atoms with Gasteiger partial charge in [-0.05, 0) is 73.7 Å². The quantitative estimate of drug-likeness (QED) is 0.338. The minimum absolute atomic E-state index is 0.0494. The van der Waals surface area contributed by atoms with Crippen LogP contribution in [0.2, 0.25) is 5.02 Å². The van der Waals surface area contributed by atoms with Crippen molar-refractivity contribution in [1.82, 2.24) is 4.72 Å². The second-order valence-corrected chi connectivity index (χ2v) is 12.5. The van der Waals surface area contributed by atoms with Crippen molar-refractivity contribution in [3.8, 4) is 5.75 Å². The van der Waals surface area contributed by atoms with Gasteiger partial charge in [-0.2, -0.15) is 0 Å². The predicted octanol–water partition coefficient (Wildman–Crippen LogP) is 5.74. The Kier molecular flexibility index (Phi) is 11.5. The summed E-state index contributed by atoms with van der Waals surface area (Å²) in [5, 5.41) is 0.717. The highest BCUT2D eigenvalue weighted by molar-refractivity contribution is 7.83. The van der Waals surface area contributed by atoms with Crippen molar-refractivity contribution in [2.24, 2.45) is 5.92 Å². The highest BCUT2D eigenvalue weighted by Crippen LogP contribution is 2.38. The standard InChI is InChI=1S/C32H41ClN2O6S/c1-5-8-24-17-26(33)10-12-28(24)25-19-35-15-14-23(6-2)30(41-22(4)36)9-7-16-39-21(3)32(37)34-42(38)27-11-13-31(40-20-25)29(35)18-27/h7,9-13,17-18,21,23,25,30H,5-6,8,14-16,19-20H2,1-4H3,(H,34,37)/b9-7+. The van der Waals surface area contributed by atoms with E-state index in [1.807, 2.05) is 30.3 Å². The number of rotatable bonds is 5. The summed E-state index contributed by atoms with van der Waals surface area (Å²) in [5.41, 5.74) is 3.24. The molecule has 0 spiro atoms. The molecule has 1 amide bonds. The zero-order chi connectivity index (χ0) is 30.2. The normalized spacial score (nSPS) is 26.0. The number of nitrogens with one attached hydrogen (secondary N) is 1. The van der Waals surface area contributed by atoms with Crippen LogP contribution in [0.3, 0.4) is 0 Å². The van der Waals surface area contributed by atoms with Gasteiger partial charge in [-0.3, -0.25) is 14.3 Å². The Bertz CT molecular complexity index is 1320. The number of carbonyl (C=O) groups is 2. The summed E-state index contributed by atoms with van der Waals surface area (Å²) >= 11 is 6.37. The molecule has 0 fully saturated rings. The average molecular weight is 617 g/mol. The lowest BCUT2D eigenvalue weighted by Gasteiger charge is -2.31. The van der Waals surface area contributed by atoms with E-state index >= 15 is 0 Å². The number of amides is 1. The van der Waals surface area contributed by atoms with Crippen LogP contribution in [0.1, 0.15) is 64.0 Å². The van der Waals surface area contributed by atoms with E-state index in [9.17, 15) is 13.8 Å². The summed E-state index contributed by atoms with van der Waals surface area (Å²) in [6, 6.07) is 11.5. The molecule has 228 valence electrons. The SMILES string of the molecule is CCCc1cc(Cl)ccc1C1COc2ccc3cc2N(CCC(CC)C(OC(C)=O)/C=C/COC(C)C(=O)NS3=O)C1. The van der Waals surface area contributed by atoms with E-state index in [-0.39, 0.29) is 24.4 Å². The molecule has 2 heterocycles. The first-order valence-corrected chi connectivity index (χ1v) is 16.2. The first-order chi connectivity index (χ1) is 20.2. The monoisotopic (exact) mass is 616 g/mol. The fourth-order valence-electron chi connectivity index (χ4n) is 5.55. The zero-order valence-corrected chi connectivity index (χ0v) is 26.3. The number of halogens is 1. The Balaban J connectivity index is 1.74. The molecule has 2 aliphatic rings. The van der Waals surface area contributed by atoms with Gasteiger partial charge in [0.15, 0.2) is 11.0 Å². The molecule has 8 nitrogen and oxygen atoms in total. The molecule has 5 atom stereocenters. The van der Waals surface area contributed by atoms with E-state index in [2.05, 4.69) is 29.5 Å². The van der Waals surface area contributed by atoms with Crippen LogP contribution >= 0.6 is 11.6 Å². The Labute approximate surface area is 256 Å². The maximum Gasteiger partial charge on any atom is 0.303 e. The third-order valence-electron chi connectivity index (χ3n) is 7.82. The fraction of sp³-hybridized carbons (Fsp3) is 0.500. The largest absolute Gasteiger partial charge is 0.491 e. The predicted molar refractivity (Wildman–Crippen MR) is 165 cm³/mol. The van der Waals surface area contributed by atoms with Crippen LogP contribution in [0.15, 0.2) is 53.4 Å². The van der Waals surface area contributed by atoms with Crippen molar-refractivity contribution in [1.29, 1.82) is 0 Å². The molecule has 1 N–H and O–H groups in total. The zero-order valence-electron chi connectivity index (χ0n) is 24.8. The van der Waals surface area contributed by atoms with Gasteiger partial charge >= 0.3 is 5.97 Å². The molecule has 2 aromatic rings. The van der Waals surface area contributed by atoms with Gasteiger partial charge in [0.05, 0.1) is 23.8 Å². The third-order valence-corrected chi connectivity index (χ3v) is 9.13. The number of benzene rings is 2. The van der Waals surface area contributed by atoms with E-state index in [1.165, 1.54) is 18.1 Å². The molecular formula is C32H41ClN2O6S. The molecule has 2 bridgehead atoms. The van der Waals surface area contributed by atoms with Gasteiger partial charge in [-0.15, -0.1) is 0 Å². The van der Waals surface area contributed by atoms with E-state index in [0.29, 0.717) is 35.4 Å². The van der Waals surface area contributed by atoms with Gasteiger partial charge in [0, 0.05) is 36.9 Å². The minimum atomic E-state index is -1.78. The van der Waals surface area contributed by atoms with Gasteiger partial charge in [0.2, 0.25) is 0 Å². The Hall–Kier alpha value is -2.88. The highest BCUT2D eigenvalue weighted by atomic mass is 35.5. The average Bonchev–Trinajstić information content (AvgIpc) is 3.14. The second kappa shape index (κ2) is 15.0. The van der Waals surface area contributed by atoms with Crippen molar-refractivity contribution in [3.05, 3.63) is 64.7 Å². The van der Waals surface area contributed by atoms with Crippen LogP contribution < -0.4 is 14.4 Å². The van der Waals surface area contributed by atoms with Crippen LogP contribution in [-0.2, 0) is 36.5 Å². The molecule has 42 heavy (non-hydrogen) atoms. The van der Waals surface area contributed by atoms with Crippen molar-refractivity contribution >= 4 is 40.2 Å². The molecule has 0 saturated carbocycles. The Morgan fingerprint density at radius 3 is 2.76 bits per heavy atom. The Morgan fingerprint density at radius 1 is 1.21 bits per heavy atom. The lowest BCUT2D eigenvalue weighted by atomic mass is 9.91. The molecule has 0 aliphatic carbocycles. The van der Waals surface area contributed by atoms with Crippen LogP contribution in [0.5, 0.6) is 5.75 Å². The molecule has 0 saturated heterocycles. The van der Waals surface area contributed by atoms with Gasteiger partial charge < -0.3 is 19.1 Å². The molecule has 4 rings (SSSR count). The smallest absolute Gasteiger partial charge is 0.303 e. The van der Waals surface area contributed by atoms with Crippen molar-refractivity contribution in [2.45, 2.75) is 76.4 Å². The lowest BCUT2D eigenvalue weighted by Crippen LogP contribution is -2.36. The fourth-order valence-corrected chi connectivity index (χ4v) is 6.62. The Morgan fingerprint density at radius 2 is 2.02 bits per heavy atom. The maximum atomic E-state index is 13.2. The van der Waals surface area contributed by atoms with Crippen LogP contribution in [0, 0.1) is 5.92 Å². The second-order valence-electron chi connectivity index (χ2n) is 10.8. The molecule has 10 heteroatoms. The third kappa shape index (κ3) is 8.14. The summed E-state index contributed by atoms with van der Waals surface area (Å²) in [4.78, 5) is 27.5. The molecular weight excluding hydrogens is 576 g/mol. The summed E-state index contributed by atoms with van der Waals surface area (Å²) in [6.45, 7) is 9.22. The van der Waals surface area contributed by atoms with E-state index < -0.39 is 29.1 Å². The van der Waals surface area contributed by atoms with Gasteiger partial charge in [-0.25, -0.2) is 4.21 Å². The molecule has 5 unspecified atom stereocenters. The van der Waals surface area contributed by atoms with Crippen LogP contribution in [-0.4, -0.2) is 54.6 Å². The number of fused-ring (bicyclic) bond motifs is 1. The number of esters is 1. The number of nitrogens with zero attached hydrogens (tertiary/aromatic N) is 1. The lowest BCUT2D eigenvalue weighted by molar-refractivity contribution is -0.146. The van der Waals surface area contributed by atoms with Crippen molar-refractivity contribution in [2.75, 3.05) is 31.2 Å². The van der Waals surface area contributed by atoms with Crippen LogP contribution in [0.4, 0.5) is 5.69 Å². The summed E-state index contributed by atoms with van der Waals surface area (Å²) in [5.74, 6) is -0.0203. The number of ether oxygens (including phenoxy) is 3. The number of anilines is 1. The molecule has 2 aliphatic heterocycles. The van der Waals surface area contributed by atoms with Gasteiger partial charge in [0.1, 0.15) is 18.0 Å². The molecule has 0 aromatic heterocycles. The number of carbonyl (C=O) groups excluding carboxylic acids is 2. The van der Waals surface area contributed by atoms with E-state index in [1.54, 1.807) is 19.1 Å². The van der Waals surface area contributed by atoms with Gasteiger partial charge in [-0.1, -0.05) is 44.0 Å². The first-order valence-electron chi connectivity index (χ1n) is 14.7. The number of hydrogen-bond donors (Lipinski definition) is 1. The summed E-state index contributed by atoms with van der Waals surface area (Å²) in [6.07, 6.45) is 5.82. The topological polar surface area (TPSA) is 94.2 Å². The van der Waals surface area contributed by atoms with Crippen molar-refractivity contribution in [3.63, 3.8) is 0 Å².